The summed E-state index contributed by atoms with van der Waals surface area (Å²) in [4.78, 5) is 3.62. The van der Waals surface area contributed by atoms with E-state index >= 15 is 17.6 Å². The Labute approximate surface area is 299 Å². The highest BCUT2D eigenvalue weighted by Crippen LogP contribution is 2.43. The molecule has 6 rings (SSSR count). The number of fused-ring (bicyclic) bond motifs is 1. The Hall–Kier alpha value is -3.57. The Bertz CT molecular complexity index is 1700. The van der Waals surface area contributed by atoms with Crippen LogP contribution in [0.2, 0.25) is 5.04 Å². The summed E-state index contributed by atoms with van der Waals surface area (Å²) in [5, 5.41) is 4.47. The average molecular weight is 722 g/mol. The minimum Gasteiger partial charge on any atom is -0.401 e. The molecule has 2 aliphatic rings. The van der Waals surface area contributed by atoms with Crippen molar-refractivity contribution in [1.29, 1.82) is 0 Å². The van der Waals surface area contributed by atoms with Crippen LogP contribution in [0, 0.1) is 11.6 Å². The first-order valence-corrected chi connectivity index (χ1v) is 19.7. The molecule has 0 bridgehead atoms. The molecule has 51 heavy (non-hydrogen) atoms. The third-order valence-electron chi connectivity index (χ3n) is 10.4. The van der Waals surface area contributed by atoms with Gasteiger partial charge in [-0.25, -0.2) is 17.6 Å². The van der Waals surface area contributed by atoms with Crippen LogP contribution in [0.1, 0.15) is 56.8 Å². The Morgan fingerprint density at radius 2 is 1.41 bits per heavy atom. The Morgan fingerprint density at radius 1 is 0.843 bits per heavy atom. The maximum absolute atomic E-state index is 16.6. The van der Waals surface area contributed by atoms with Crippen LogP contribution in [0.3, 0.4) is 0 Å². The number of alkyl halides is 3. The fraction of sp³-hybridized carbons (Fsp3) is 0.415. The summed E-state index contributed by atoms with van der Waals surface area (Å²) >= 11 is 0. The number of hydrogen-bond donors (Lipinski definition) is 1. The van der Waals surface area contributed by atoms with Gasteiger partial charge in [0, 0.05) is 36.9 Å². The second-order valence-corrected chi connectivity index (χ2v) is 19.4. The molecule has 0 aromatic heterocycles. The molecular formula is C41H48F5N3OSi. The van der Waals surface area contributed by atoms with Crippen molar-refractivity contribution in [2.75, 3.05) is 44.8 Å². The summed E-state index contributed by atoms with van der Waals surface area (Å²) in [7, 11) is -3.27. The van der Waals surface area contributed by atoms with E-state index in [0.717, 1.165) is 15.9 Å². The second-order valence-electron chi connectivity index (χ2n) is 15.1. The van der Waals surface area contributed by atoms with Gasteiger partial charge in [0.2, 0.25) is 0 Å². The van der Waals surface area contributed by atoms with Gasteiger partial charge in [-0.2, -0.15) is 0 Å². The minimum absolute atomic E-state index is 0.0181. The first kappa shape index (κ1) is 37.2. The number of benzene rings is 4. The smallest absolute Gasteiger partial charge is 0.282 e. The van der Waals surface area contributed by atoms with Gasteiger partial charge >= 0.3 is 0 Å². The Morgan fingerprint density at radius 3 is 1.98 bits per heavy atom. The number of nitrogens with one attached hydrogen (secondary N) is 1. The molecule has 4 aromatic carbocycles. The fourth-order valence-electron chi connectivity index (χ4n) is 8.00. The molecule has 2 atom stereocenters. The monoisotopic (exact) mass is 721 g/mol. The number of halogens is 5. The SMILES string of the molecule is C[C@@H]1Cc2ccccc2[C@@H](c2c(F)cc(NC3CN(CCCF)C3)cc2F)N1CC(F)(F)CO[Si](c1ccccc1)(c1ccccc1)C(C)(C)C. The summed E-state index contributed by atoms with van der Waals surface area (Å²) in [5.41, 5.74) is 1.53. The quantitative estimate of drug-likeness (QED) is 0.112. The van der Waals surface area contributed by atoms with Crippen LogP contribution in [0.15, 0.2) is 97.1 Å². The maximum Gasteiger partial charge on any atom is 0.282 e. The van der Waals surface area contributed by atoms with Gasteiger partial charge < -0.3 is 9.74 Å². The lowest BCUT2D eigenvalue weighted by Crippen LogP contribution is -2.67. The summed E-state index contributed by atoms with van der Waals surface area (Å²) < 4.78 is 84.8. The predicted octanol–water partition coefficient (Wildman–Crippen LogP) is 7.97. The summed E-state index contributed by atoms with van der Waals surface area (Å²) in [6.07, 6.45) is 0.912. The van der Waals surface area contributed by atoms with Crippen molar-refractivity contribution < 1.29 is 26.4 Å². The van der Waals surface area contributed by atoms with Crippen molar-refractivity contribution in [2.24, 2.45) is 0 Å². The van der Waals surface area contributed by atoms with E-state index in [1.807, 2.05) is 100 Å². The van der Waals surface area contributed by atoms with Gasteiger partial charge in [-0.05, 0) is 58.4 Å². The zero-order valence-corrected chi connectivity index (χ0v) is 30.8. The van der Waals surface area contributed by atoms with E-state index in [4.69, 9.17) is 4.43 Å². The van der Waals surface area contributed by atoms with Gasteiger partial charge in [-0.1, -0.05) is 106 Å². The van der Waals surface area contributed by atoms with Gasteiger partial charge in [-0.3, -0.25) is 14.2 Å². The first-order chi connectivity index (χ1) is 24.3. The lowest BCUT2D eigenvalue weighted by atomic mass is 9.84. The van der Waals surface area contributed by atoms with E-state index in [1.165, 1.54) is 12.1 Å². The van der Waals surface area contributed by atoms with Gasteiger partial charge in [0.05, 0.1) is 31.9 Å². The highest BCUT2D eigenvalue weighted by molar-refractivity contribution is 6.99. The number of hydrogen-bond acceptors (Lipinski definition) is 4. The van der Waals surface area contributed by atoms with E-state index in [9.17, 15) is 4.39 Å². The second kappa shape index (κ2) is 15.2. The van der Waals surface area contributed by atoms with E-state index in [1.54, 1.807) is 17.0 Å². The molecule has 0 saturated carbocycles. The van der Waals surface area contributed by atoms with Gasteiger partial charge in [0.1, 0.15) is 11.6 Å². The number of anilines is 1. The van der Waals surface area contributed by atoms with Crippen molar-refractivity contribution in [3.05, 3.63) is 125 Å². The van der Waals surface area contributed by atoms with Crippen LogP contribution in [-0.4, -0.2) is 75.6 Å². The van der Waals surface area contributed by atoms with Gasteiger partial charge in [0.15, 0.2) is 0 Å². The van der Waals surface area contributed by atoms with Crippen LogP contribution in [0.25, 0.3) is 0 Å². The normalized spacial score (nSPS) is 19.1. The van der Waals surface area contributed by atoms with E-state index in [2.05, 4.69) is 10.2 Å². The van der Waals surface area contributed by atoms with E-state index in [0.29, 0.717) is 38.0 Å². The van der Waals surface area contributed by atoms with E-state index < -0.39 is 56.1 Å². The van der Waals surface area contributed by atoms with Crippen LogP contribution in [0.5, 0.6) is 0 Å². The topological polar surface area (TPSA) is 27.7 Å². The van der Waals surface area contributed by atoms with Gasteiger partial charge in [0.25, 0.3) is 14.2 Å². The van der Waals surface area contributed by atoms with Crippen molar-refractivity contribution in [2.45, 2.75) is 69.6 Å². The molecule has 272 valence electrons. The van der Waals surface area contributed by atoms with Crippen LogP contribution < -0.4 is 15.7 Å². The number of rotatable bonds is 13. The van der Waals surface area contributed by atoms with Crippen molar-refractivity contribution in [1.82, 2.24) is 9.80 Å². The average Bonchev–Trinajstić information content (AvgIpc) is 3.07. The standard InChI is InChI=1S/C41H48F5N3OSi/c1-29-22-30-14-11-12-19-35(30)39(38-36(43)23-31(24-37(38)44)47-32-25-48(26-32)21-13-20-42)49(29)27-41(45,46)28-50-51(40(2,3)4,33-15-7-5-8-16-33)34-17-9-6-10-18-34/h5-12,14-19,23-24,29,32,39,47H,13,20-22,25-28H2,1-4H3/t29-,39+/m1/s1. The van der Waals surface area contributed by atoms with Crippen LogP contribution in [-0.2, 0) is 10.8 Å². The molecule has 0 aliphatic carbocycles. The highest BCUT2D eigenvalue weighted by atomic mass is 28.4. The van der Waals surface area contributed by atoms with Gasteiger partial charge in [-0.15, -0.1) is 0 Å². The molecule has 0 spiro atoms. The zero-order valence-electron chi connectivity index (χ0n) is 29.8. The third kappa shape index (κ3) is 7.79. The lowest BCUT2D eigenvalue weighted by Gasteiger charge is -2.46. The molecule has 1 saturated heterocycles. The molecule has 0 amide bonds. The molecule has 4 aromatic rings. The third-order valence-corrected chi connectivity index (χ3v) is 15.4. The summed E-state index contributed by atoms with van der Waals surface area (Å²) in [5.74, 6) is -4.95. The number of likely N-dealkylation sites (tertiary alicyclic amines) is 1. The molecular weight excluding hydrogens is 674 g/mol. The highest BCUT2D eigenvalue weighted by Gasteiger charge is 2.52. The fourth-order valence-corrected chi connectivity index (χ4v) is 12.6. The molecule has 2 aliphatic heterocycles. The molecule has 2 heterocycles. The molecule has 0 radical (unpaired) electrons. The maximum atomic E-state index is 16.6. The molecule has 4 nitrogen and oxygen atoms in total. The van der Waals surface area contributed by atoms with Crippen LogP contribution in [0.4, 0.5) is 27.6 Å². The largest absolute Gasteiger partial charge is 0.401 e. The van der Waals surface area contributed by atoms with Crippen molar-refractivity contribution >= 4 is 24.4 Å². The minimum atomic E-state index is -3.36. The molecule has 10 heteroatoms. The van der Waals surface area contributed by atoms with Crippen LogP contribution >= 0.6 is 0 Å². The number of nitrogens with zero attached hydrogens (tertiary/aromatic N) is 2. The predicted molar refractivity (Wildman–Crippen MR) is 197 cm³/mol. The molecule has 1 N–H and O–H groups in total. The summed E-state index contributed by atoms with van der Waals surface area (Å²) in [6, 6.07) is 27.6. The van der Waals surface area contributed by atoms with E-state index in [-0.39, 0.29) is 24.0 Å². The van der Waals surface area contributed by atoms with Crippen molar-refractivity contribution in [3.63, 3.8) is 0 Å². The Kier molecular flexibility index (Phi) is 11.1. The molecule has 1 fully saturated rings. The Balaban J connectivity index is 1.30. The lowest BCUT2D eigenvalue weighted by molar-refractivity contribution is -0.0823. The molecule has 0 unspecified atom stereocenters. The zero-order chi connectivity index (χ0) is 36.4. The first-order valence-electron chi connectivity index (χ1n) is 17.8. The summed E-state index contributed by atoms with van der Waals surface area (Å²) in [6.45, 7) is 7.90. The van der Waals surface area contributed by atoms with Crippen molar-refractivity contribution in [3.8, 4) is 0 Å².